The van der Waals surface area contributed by atoms with Crippen LogP contribution in [0.2, 0.25) is 0 Å². The Morgan fingerprint density at radius 1 is 1.48 bits per heavy atom. The summed E-state index contributed by atoms with van der Waals surface area (Å²) in [6, 6.07) is 5.64. The van der Waals surface area contributed by atoms with E-state index in [4.69, 9.17) is 9.47 Å². The maximum atomic E-state index is 12.1. The summed E-state index contributed by atoms with van der Waals surface area (Å²) in [4.78, 5) is 16.5. The Labute approximate surface area is 147 Å². The van der Waals surface area contributed by atoms with Crippen molar-refractivity contribution in [2.24, 2.45) is 0 Å². The zero-order chi connectivity index (χ0) is 17.5. The molecule has 3 rings (SSSR count). The highest BCUT2D eigenvalue weighted by atomic mass is 16.5. The van der Waals surface area contributed by atoms with Crippen LogP contribution in [0.15, 0.2) is 36.8 Å². The van der Waals surface area contributed by atoms with Crippen molar-refractivity contribution in [3.63, 3.8) is 0 Å². The monoisotopic (exact) mass is 344 g/mol. The minimum Gasteiger partial charge on any atom is -0.376 e. The van der Waals surface area contributed by atoms with Gasteiger partial charge in [-0.1, -0.05) is 6.07 Å². The molecule has 1 aliphatic rings. The first-order chi connectivity index (χ1) is 12.2. The lowest BCUT2D eigenvalue weighted by Crippen LogP contribution is -2.36. The first-order valence-corrected chi connectivity index (χ1v) is 8.68. The third-order valence-electron chi connectivity index (χ3n) is 4.19. The maximum absolute atomic E-state index is 12.1. The fourth-order valence-corrected chi connectivity index (χ4v) is 2.66. The molecule has 7 nitrogen and oxygen atoms in total. The van der Waals surface area contributed by atoms with Crippen LogP contribution in [0.5, 0.6) is 0 Å². The standard InChI is InChI=1S/C18H24N4O3/c1-14(25-13-16-5-2-3-10-24-16)18(23)20-12-15-6-7-17(19-11-15)22-9-4-8-21-22/h4,6-9,11,14,16H,2-3,5,10,12-13H2,1H3,(H,20,23)/t14-,16-/m0/s1. The number of carbonyl (C=O) groups excluding carboxylic acids is 1. The number of rotatable bonds is 7. The van der Waals surface area contributed by atoms with Gasteiger partial charge in [-0.05, 0) is 43.9 Å². The predicted octanol–water partition coefficient (Wildman–Crippen LogP) is 1.86. The molecule has 1 amide bonds. The number of hydrogen-bond acceptors (Lipinski definition) is 5. The SMILES string of the molecule is C[C@H](OC[C@@H]1CCCCO1)C(=O)NCc1ccc(-n2cccn2)nc1. The number of pyridine rings is 1. The van der Waals surface area contributed by atoms with Crippen LogP contribution in [-0.4, -0.2) is 46.1 Å². The van der Waals surface area contributed by atoms with Crippen LogP contribution >= 0.6 is 0 Å². The number of aromatic nitrogens is 3. The molecule has 0 saturated carbocycles. The van der Waals surface area contributed by atoms with E-state index in [0.29, 0.717) is 13.2 Å². The van der Waals surface area contributed by atoms with Crippen molar-refractivity contribution in [3.05, 3.63) is 42.4 Å². The molecule has 2 atom stereocenters. The van der Waals surface area contributed by atoms with Crippen LogP contribution in [0.4, 0.5) is 0 Å². The second kappa shape index (κ2) is 8.73. The van der Waals surface area contributed by atoms with Crippen LogP contribution in [0.1, 0.15) is 31.7 Å². The molecule has 0 bridgehead atoms. The molecule has 1 aliphatic heterocycles. The Balaban J connectivity index is 1.41. The zero-order valence-electron chi connectivity index (χ0n) is 14.4. The van der Waals surface area contributed by atoms with E-state index in [1.165, 1.54) is 0 Å². The lowest BCUT2D eigenvalue weighted by atomic mass is 10.1. The molecule has 1 saturated heterocycles. The number of nitrogens with zero attached hydrogens (tertiary/aromatic N) is 3. The second-order valence-corrected chi connectivity index (χ2v) is 6.16. The van der Waals surface area contributed by atoms with Gasteiger partial charge in [0.1, 0.15) is 6.10 Å². The van der Waals surface area contributed by atoms with Gasteiger partial charge in [-0.15, -0.1) is 0 Å². The van der Waals surface area contributed by atoms with Gasteiger partial charge in [-0.3, -0.25) is 4.79 Å². The normalized spacial score (nSPS) is 18.7. The molecular weight excluding hydrogens is 320 g/mol. The predicted molar refractivity (Wildman–Crippen MR) is 92.2 cm³/mol. The minimum absolute atomic E-state index is 0.114. The van der Waals surface area contributed by atoms with Crippen LogP contribution in [-0.2, 0) is 20.8 Å². The van der Waals surface area contributed by atoms with Gasteiger partial charge < -0.3 is 14.8 Å². The van der Waals surface area contributed by atoms with E-state index in [0.717, 1.165) is 37.3 Å². The molecular formula is C18H24N4O3. The second-order valence-electron chi connectivity index (χ2n) is 6.16. The largest absolute Gasteiger partial charge is 0.376 e. The Bertz CT molecular complexity index is 651. The van der Waals surface area contributed by atoms with Crippen molar-refractivity contribution in [3.8, 4) is 5.82 Å². The molecule has 0 spiro atoms. The quantitative estimate of drug-likeness (QED) is 0.829. The van der Waals surface area contributed by atoms with Crippen LogP contribution in [0.25, 0.3) is 5.82 Å². The molecule has 0 aliphatic carbocycles. The van der Waals surface area contributed by atoms with Gasteiger partial charge in [0.15, 0.2) is 5.82 Å². The summed E-state index contributed by atoms with van der Waals surface area (Å²) in [5.41, 5.74) is 0.923. The molecule has 1 N–H and O–H groups in total. The molecule has 3 heterocycles. The minimum atomic E-state index is -0.498. The van der Waals surface area contributed by atoms with E-state index in [9.17, 15) is 4.79 Å². The maximum Gasteiger partial charge on any atom is 0.249 e. The van der Waals surface area contributed by atoms with E-state index in [2.05, 4.69) is 15.4 Å². The van der Waals surface area contributed by atoms with Crippen LogP contribution < -0.4 is 5.32 Å². The fourth-order valence-electron chi connectivity index (χ4n) is 2.66. The fraction of sp³-hybridized carbons (Fsp3) is 0.500. The number of ether oxygens (including phenoxy) is 2. The number of carbonyl (C=O) groups is 1. The smallest absolute Gasteiger partial charge is 0.249 e. The van der Waals surface area contributed by atoms with E-state index in [1.807, 2.05) is 24.4 Å². The van der Waals surface area contributed by atoms with Gasteiger partial charge in [-0.25, -0.2) is 9.67 Å². The van der Waals surface area contributed by atoms with Crippen molar-refractivity contribution >= 4 is 5.91 Å². The average molecular weight is 344 g/mol. The summed E-state index contributed by atoms with van der Waals surface area (Å²) in [5.74, 6) is 0.608. The summed E-state index contributed by atoms with van der Waals surface area (Å²) >= 11 is 0. The van der Waals surface area contributed by atoms with E-state index < -0.39 is 6.10 Å². The zero-order valence-corrected chi connectivity index (χ0v) is 14.4. The van der Waals surface area contributed by atoms with Gasteiger partial charge in [-0.2, -0.15) is 5.10 Å². The lowest BCUT2D eigenvalue weighted by molar-refractivity contribution is -0.135. The Hall–Kier alpha value is -2.25. The number of nitrogens with one attached hydrogen (secondary N) is 1. The van der Waals surface area contributed by atoms with Gasteiger partial charge in [0.25, 0.3) is 0 Å². The summed E-state index contributed by atoms with van der Waals surface area (Å²) in [6.07, 6.45) is 8.16. The molecule has 2 aromatic rings. The summed E-state index contributed by atoms with van der Waals surface area (Å²) in [5, 5.41) is 7.00. The van der Waals surface area contributed by atoms with Crippen LogP contribution in [0, 0.1) is 0 Å². The molecule has 1 fully saturated rings. The highest BCUT2D eigenvalue weighted by molar-refractivity contribution is 5.80. The third-order valence-corrected chi connectivity index (χ3v) is 4.19. The van der Waals surface area contributed by atoms with Gasteiger partial charge >= 0.3 is 0 Å². The summed E-state index contributed by atoms with van der Waals surface area (Å²) in [6.45, 7) is 3.43. The van der Waals surface area contributed by atoms with Crippen molar-refractivity contribution in [2.45, 2.75) is 44.9 Å². The number of amides is 1. The summed E-state index contributed by atoms with van der Waals surface area (Å²) in [7, 11) is 0. The van der Waals surface area contributed by atoms with E-state index >= 15 is 0 Å². The topological polar surface area (TPSA) is 78.3 Å². The molecule has 0 unspecified atom stereocenters. The van der Waals surface area contributed by atoms with Gasteiger partial charge in [0, 0.05) is 31.7 Å². The van der Waals surface area contributed by atoms with Gasteiger partial charge in [0.05, 0.1) is 12.7 Å². The van der Waals surface area contributed by atoms with Crippen LogP contribution in [0.3, 0.4) is 0 Å². The Morgan fingerprint density at radius 2 is 2.40 bits per heavy atom. The molecule has 0 aromatic carbocycles. The molecule has 0 radical (unpaired) electrons. The highest BCUT2D eigenvalue weighted by Gasteiger charge is 2.18. The Morgan fingerprint density at radius 3 is 3.08 bits per heavy atom. The third kappa shape index (κ3) is 5.11. The van der Waals surface area contributed by atoms with Crippen molar-refractivity contribution in [1.29, 1.82) is 0 Å². The molecule has 7 heteroatoms. The first kappa shape index (κ1) is 17.6. The average Bonchev–Trinajstić information content (AvgIpc) is 3.20. The van der Waals surface area contributed by atoms with E-state index in [-0.39, 0.29) is 12.0 Å². The first-order valence-electron chi connectivity index (χ1n) is 8.68. The van der Waals surface area contributed by atoms with Crippen molar-refractivity contribution in [1.82, 2.24) is 20.1 Å². The van der Waals surface area contributed by atoms with Crippen molar-refractivity contribution < 1.29 is 14.3 Å². The van der Waals surface area contributed by atoms with Gasteiger partial charge in [0.2, 0.25) is 5.91 Å². The molecule has 134 valence electrons. The lowest BCUT2D eigenvalue weighted by Gasteiger charge is -2.23. The van der Waals surface area contributed by atoms with E-state index in [1.54, 1.807) is 24.0 Å². The summed E-state index contributed by atoms with van der Waals surface area (Å²) < 4.78 is 12.9. The Kier molecular flexibility index (Phi) is 6.14. The van der Waals surface area contributed by atoms with Crippen molar-refractivity contribution in [2.75, 3.05) is 13.2 Å². The molecule has 25 heavy (non-hydrogen) atoms. The number of hydrogen-bond donors (Lipinski definition) is 1. The molecule has 2 aromatic heterocycles. The highest BCUT2D eigenvalue weighted by Crippen LogP contribution is 2.13.